The third kappa shape index (κ3) is 2.35. The summed E-state index contributed by atoms with van der Waals surface area (Å²) < 4.78 is 0. The van der Waals surface area contributed by atoms with Gasteiger partial charge in [-0.25, -0.2) is 0 Å². The zero-order chi connectivity index (χ0) is 10.8. The number of carbonyl (C=O) groups excluding carboxylic acids is 1. The maximum absolute atomic E-state index is 10.9. The van der Waals surface area contributed by atoms with Gasteiger partial charge in [0.05, 0.1) is 0 Å². The van der Waals surface area contributed by atoms with Gasteiger partial charge in [0.2, 0.25) is 0 Å². The first kappa shape index (κ1) is 11.7. The second-order valence-corrected chi connectivity index (χ2v) is 5.69. The van der Waals surface area contributed by atoms with Crippen molar-refractivity contribution in [3.63, 3.8) is 0 Å². The smallest absolute Gasteiger partial charge is 0.125 e. The summed E-state index contributed by atoms with van der Waals surface area (Å²) in [7, 11) is 0. The first-order valence-corrected chi connectivity index (χ1v) is 5.51. The van der Waals surface area contributed by atoms with Crippen molar-refractivity contribution in [1.82, 2.24) is 0 Å². The molecule has 0 heterocycles. The van der Waals surface area contributed by atoms with E-state index in [-0.39, 0.29) is 17.4 Å². The van der Waals surface area contributed by atoms with Gasteiger partial charge in [-0.05, 0) is 37.0 Å². The molecule has 2 heteroatoms. The summed E-state index contributed by atoms with van der Waals surface area (Å²) in [4.78, 5) is 10.9. The molecule has 1 fully saturated rings. The van der Waals surface area contributed by atoms with Gasteiger partial charge >= 0.3 is 0 Å². The van der Waals surface area contributed by atoms with Gasteiger partial charge < -0.3 is 9.90 Å². The Morgan fingerprint density at radius 3 is 2.29 bits per heavy atom. The molecule has 0 spiro atoms. The van der Waals surface area contributed by atoms with E-state index in [2.05, 4.69) is 13.8 Å². The Balaban J connectivity index is 2.55. The van der Waals surface area contributed by atoms with E-state index in [4.69, 9.17) is 0 Å². The van der Waals surface area contributed by atoms with Crippen molar-refractivity contribution >= 4 is 6.29 Å². The van der Waals surface area contributed by atoms with E-state index in [1.807, 2.05) is 6.92 Å². The van der Waals surface area contributed by atoms with Crippen LogP contribution in [-0.2, 0) is 4.79 Å². The van der Waals surface area contributed by atoms with Gasteiger partial charge in [-0.2, -0.15) is 0 Å². The molecule has 0 saturated heterocycles. The minimum Gasteiger partial charge on any atom is -0.396 e. The van der Waals surface area contributed by atoms with Crippen molar-refractivity contribution in [3.8, 4) is 0 Å². The molecule has 1 aliphatic carbocycles. The summed E-state index contributed by atoms with van der Waals surface area (Å²) >= 11 is 0. The predicted octanol–water partition coefficient (Wildman–Crippen LogP) is 2.40. The monoisotopic (exact) mass is 198 g/mol. The van der Waals surface area contributed by atoms with Crippen LogP contribution < -0.4 is 0 Å². The summed E-state index contributed by atoms with van der Waals surface area (Å²) in [5.74, 6) is 0.570. The Hall–Kier alpha value is -0.370. The standard InChI is InChI=1S/C12H22O2/c1-11(2,8-13)10-4-6-12(3,9-14)7-5-10/h9-10,13H,4-8H2,1-3H3. The molecule has 0 aliphatic heterocycles. The number of aliphatic hydroxyl groups excluding tert-OH is 1. The molecule has 82 valence electrons. The highest BCUT2D eigenvalue weighted by atomic mass is 16.3. The van der Waals surface area contributed by atoms with Crippen molar-refractivity contribution in [1.29, 1.82) is 0 Å². The van der Waals surface area contributed by atoms with Gasteiger partial charge in [0.1, 0.15) is 6.29 Å². The Morgan fingerprint density at radius 1 is 1.43 bits per heavy atom. The summed E-state index contributed by atoms with van der Waals surface area (Å²) in [6.07, 6.45) is 5.20. The van der Waals surface area contributed by atoms with Gasteiger partial charge in [-0.15, -0.1) is 0 Å². The Morgan fingerprint density at radius 2 is 1.93 bits per heavy atom. The van der Waals surface area contributed by atoms with Crippen LogP contribution in [0.1, 0.15) is 46.5 Å². The van der Waals surface area contributed by atoms with Crippen molar-refractivity contribution in [3.05, 3.63) is 0 Å². The van der Waals surface area contributed by atoms with Crippen LogP contribution in [0.2, 0.25) is 0 Å². The topological polar surface area (TPSA) is 37.3 Å². The molecule has 2 nitrogen and oxygen atoms in total. The van der Waals surface area contributed by atoms with Crippen LogP contribution in [0.4, 0.5) is 0 Å². The van der Waals surface area contributed by atoms with E-state index >= 15 is 0 Å². The molecular weight excluding hydrogens is 176 g/mol. The molecule has 0 aromatic heterocycles. The van der Waals surface area contributed by atoms with Crippen LogP contribution in [0.15, 0.2) is 0 Å². The average molecular weight is 198 g/mol. The fraction of sp³-hybridized carbons (Fsp3) is 0.917. The molecular formula is C12H22O2. The van der Waals surface area contributed by atoms with Crippen LogP contribution in [0.3, 0.4) is 0 Å². The Bertz CT molecular complexity index is 200. The molecule has 0 atom stereocenters. The minimum absolute atomic E-state index is 0.0181. The quantitative estimate of drug-likeness (QED) is 0.707. The molecule has 1 aliphatic rings. The maximum atomic E-state index is 10.9. The van der Waals surface area contributed by atoms with Gasteiger partial charge in [0.15, 0.2) is 0 Å². The van der Waals surface area contributed by atoms with Crippen LogP contribution in [0, 0.1) is 16.7 Å². The zero-order valence-electron chi connectivity index (χ0n) is 9.55. The minimum atomic E-state index is -0.0952. The normalized spacial score (nSPS) is 34.1. The van der Waals surface area contributed by atoms with Crippen molar-refractivity contribution < 1.29 is 9.90 Å². The fourth-order valence-electron chi connectivity index (χ4n) is 2.31. The van der Waals surface area contributed by atoms with Crippen LogP contribution >= 0.6 is 0 Å². The third-order valence-electron chi connectivity index (χ3n) is 3.93. The molecule has 14 heavy (non-hydrogen) atoms. The van der Waals surface area contributed by atoms with Gasteiger partial charge in [-0.1, -0.05) is 20.8 Å². The van der Waals surface area contributed by atoms with E-state index in [0.29, 0.717) is 5.92 Å². The van der Waals surface area contributed by atoms with Crippen molar-refractivity contribution in [2.75, 3.05) is 6.61 Å². The van der Waals surface area contributed by atoms with E-state index in [9.17, 15) is 9.90 Å². The first-order valence-electron chi connectivity index (χ1n) is 5.51. The molecule has 0 bridgehead atoms. The number of hydrogen-bond donors (Lipinski definition) is 1. The van der Waals surface area contributed by atoms with Crippen LogP contribution in [0.5, 0.6) is 0 Å². The summed E-state index contributed by atoms with van der Waals surface area (Å²) in [5.41, 5.74) is -0.0771. The highest BCUT2D eigenvalue weighted by molar-refractivity contribution is 5.58. The molecule has 1 N–H and O–H groups in total. The van der Waals surface area contributed by atoms with E-state index < -0.39 is 0 Å². The average Bonchev–Trinajstić information content (AvgIpc) is 2.19. The summed E-state index contributed by atoms with van der Waals surface area (Å²) in [6, 6.07) is 0. The van der Waals surface area contributed by atoms with Crippen LogP contribution in [-0.4, -0.2) is 18.0 Å². The highest BCUT2D eigenvalue weighted by Crippen LogP contribution is 2.44. The predicted molar refractivity (Wildman–Crippen MR) is 57.0 cm³/mol. The number of aldehydes is 1. The van der Waals surface area contributed by atoms with Gasteiger partial charge in [0.25, 0.3) is 0 Å². The lowest BCUT2D eigenvalue weighted by Crippen LogP contribution is -2.35. The lowest BCUT2D eigenvalue weighted by Gasteiger charge is -2.40. The van der Waals surface area contributed by atoms with Gasteiger partial charge in [0, 0.05) is 12.0 Å². The molecule has 0 aromatic carbocycles. The number of hydrogen-bond acceptors (Lipinski definition) is 2. The summed E-state index contributed by atoms with van der Waals surface area (Å²) in [6.45, 7) is 6.51. The Labute approximate surface area is 86.7 Å². The Kier molecular flexibility index (Phi) is 3.36. The highest BCUT2D eigenvalue weighted by Gasteiger charge is 2.37. The third-order valence-corrected chi connectivity index (χ3v) is 3.93. The zero-order valence-corrected chi connectivity index (χ0v) is 9.55. The molecule has 0 amide bonds. The molecule has 1 rings (SSSR count). The number of carbonyl (C=O) groups is 1. The first-order chi connectivity index (χ1) is 6.43. The summed E-state index contributed by atoms with van der Waals surface area (Å²) in [5, 5.41) is 9.26. The molecule has 0 aromatic rings. The maximum Gasteiger partial charge on any atom is 0.125 e. The molecule has 1 saturated carbocycles. The fourth-order valence-corrected chi connectivity index (χ4v) is 2.31. The van der Waals surface area contributed by atoms with Gasteiger partial charge in [-0.3, -0.25) is 0 Å². The second-order valence-electron chi connectivity index (χ2n) is 5.69. The lowest BCUT2D eigenvalue weighted by atomic mass is 9.65. The molecule has 0 unspecified atom stereocenters. The van der Waals surface area contributed by atoms with E-state index in [1.165, 1.54) is 0 Å². The van der Waals surface area contributed by atoms with Crippen molar-refractivity contribution in [2.45, 2.75) is 46.5 Å². The SMILES string of the molecule is CC1(C=O)CCC(C(C)(C)CO)CC1. The van der Waals surface area contributed by atoms with E-state index in [1.54, 1.807) is 0 Å². The van der Waals surface area contributed by atoms with Crippen LogP contribution in [0.25, 0.3) is 0 Å². The molecule has 0 radical (unpaired) electrons. The number of aliphatic hydroxyl groups is 1. The largest absolute Gasteiger partial charge is 0.396 e. The lowest BCUT2D eigenvalue weighted by molar-refractivity contribution is -0.118. The number of rotatable bonds is 3. The second kappa shape index (κ2) is 4.01. The van der Waals surface area contributed by atoms with E-state index in [0.717, 1.165) is 32.0 Å². The van der Waals surface area contributed by atoms with Crippen molar-refractivity contribution in [2.24, 2.45) is 16.7 Å².